The minimum absolute atomic E-state index is 0.121. The maximum Gasteiger partial charge on any atom is 0.323 e. The monoisotopic (exact) mass is 354 g/mol. The standard InChI is InChI=1S/C17H16BClN4O2/c1-23-16(14(18)9-20-23)13-8-12(6-7-15(13)24)22-17(25)21-11-4-2-10(19)3-5-11/h2-9,24H,18H2,1H3,(H2,21,22,25). The SMILES string of the molecule is Bc1cnn(C)c1-c1cc(NC(=O)Nc2ccc(Cl)cc2)ccc1O. The van der Waals surface area contributed by atoms with Crippen LogP contribution in [-0.4, -0.2) is 28.8 Å². The third kappa shape index (κ3) is 3.77. The van der Waals surface area contributed by atoms with Gasteiger partial charge in [0.05, 0.1) is 5.69 Å². The number of aromatic nitrogens is 2. The van der Waals surface area contributed by atoms with Crippen LogP contribution in [-0.2, 0) is 7.05 Å². The average molecular weight is 355 g/mol. The van der Waals surface area contributed by atoms with Crippen molar-refractivity contribution < 1.29 is 9.90 Å². The summed E-state index contributed by atoms with van der Waals surface area (Å²) in [6.45, 7) is 0. The molecule has 0 aliphatic heterocycles. The van der Waals surface area contributed by atoms with Crippen LogP contribution in [0.15, 0.2) is 48.7 Å². The topological polar surface area (TPSA) is 79.2 Å². The van der Waals surface area contributed by atoms with Crippen molar-refractivity contribution in [2.75, 3.05) is 10.6 Å². The Balaban J connectivity index is 1.80. The molecule has 2 amide bonds. The van der Waals surface area contributed by atoms with E-state index in [-0.39, 0.29) is 11.8 Å². The van der Waals surface area contributed by atoms with E-state index in [1.807, 2.05) is 7.85 Å². The van der Waals surface area contributed by atoms with Crippen LogP contribution < -0.4 is 16.1 Å². The van der Waals surface area contributed by atoms with E-state index in [0.29, 0.717) is 22.0 Å². The highest BCUT2D eigenvalue weighted by Gasteiger charge is 2.13. The van der Waals surface area contributed by atoms with E-state index >= 15 is 0 Å². The molecule has 0 spiro atoms. The quantitative estimate of drug-likeness (QED) is 0.499. The lowest BCUT2D eigenvalue weighted by Crippen LogP contribution is -2.19. The molecule has 0 unspecified atom stereocenters. The normalized spacial score (nSPS) is 10.5. The van der Waals surface area contributed by atoms with Gasteiger partial charge in [-0.2, -0.15) is 5.10 Å². The molecule has 126 valence electrons. The summed E-state index contributed by atoms with van der Waals surface area (Å²) in [5, 5.41) is 20.4. The molecular weight excluding hydrogens is 338 g/mol. The van der Waals surface area contributed by atoms with Gasteiger partial charge in [-0.15, -0.1) is 0 Å². The number of carbonyl (C=O) groups is 1. The smallest absolute Gasteiger partial charge is 0.323 e. The Hall–Kier alpha value is -2.93. The largest absolute Gasteiger partial charge is 0.507 e. The Morgan fingerprint density at radius 1 is 1.16 bits per heavy atom. The first-order valence-corrected chi connectivity index (χ1v) is 7.97. The highest BCUT2D eigenvalue weighted by atomic mass is 35.5. The van der Waals surface area contributed by atoms with Gasteiger partial charge in [0.2, 0.25) is 0 Å². The summed E-state index contributed by atoms with van der Waals surface area (Å²) in [6, 6.07) is 11.3. The van der Waals surface area contributed by atoms with Crippen molar-refractivity contribution in [3.8, 4) is 17.0 Å². The highest BCUT2D eigenvalue weighted by Crippen LogP contribution is 2.30. The number of benzene rings is 2. The van der Waals surface area contributed by atoms with Crippen molar-refractivity contribution in [3.05, 3.63) is 53.7 Å². The Morgan fingerprint density at radius 3 is 2.44 bits per heavy atom. The van der Waals surface area contributed by atoms with Gasteiger partial charge in [0.25, 0.3) is 0 Å². The van der Waals surface area contributed by atoms with Crippen LogP contribution in [0.25, 0.3) is 11.3 Å². The molecule has 0 radical (unpaired) electrons. The maximum absolute atomic E-state index is 12.1. The van der Waals surface area contributed by atoms with Gasteiger partial charge in [0, 0.05) is 35.2 Å². The summed E-state index contributed by atoms with van der Waals surface area (Å²) in [4.78, 5) is 12.1. The Labute approximate surface area is 150 Å². The van der Waals surface area contributed by atoms with Crippen molar-refractivity contribution in [1.82, 2.24) is 9.78 Å². The van der Waals surface area contributed by atoms with Crippen LogP contribution in [0.3, 0.4) is 0 Å². The number of aryl methyl sites for hydroxylation is 1. The van der Waals surface area contributed by atoms with Gasteiger partial charge >= 0.3 is 6.03 Å². The molecule has 0 atom stereocenters. The van der Waals surface area contributed by atoms with Crippen LogP contribution in [0.5, 0.6) is 5.75 Å². The third-order valence-corrected chi connectivity index (χ3v) is 3.99. The number of rotatable bonds is 3. The minimum Gasteiger partial charge on any atom is -0.507 e. The highest BCUT2D eigenvalue weighted by molar-refractivity contribution is 6.35. The number of nitrogens with zero attached hydrogens (tertiary/aromatic N) is 2. The van der Waals surface area contributed by atoms with Crippen molar-refractivity contribution in [1.29, 1.82) is 0 Å². The summed E-state index contributed by atoms with van der Waals surface area (Å²) in [5.41, 5.74) is 3.50. The van der Waals surface area contributed by atoms with E-state index < -0.39 is 0 Å². The lowest BCUT2D eigenvalue weighted by Gasteiger charge is -2.11. The second-order valence-corrected chi connectivity index (χ2v) is 6.05. The molecule has 0 saturated carbocycles. The van der Waals surface area contributed by atoms with Crippen LogP contribution >= 0.6 is 11.6 Å². The fourth-order valence-corrected chi connectivity index (χ4v) is 2.69. The second kappa shape index (κ2) is 6.90. The number of nitrogens with one attached hydrogen (secondary N) is 2. The van der Waals surface area contributed by atoms with E-state index in [2.05, 4.69) is 15.7 Å². The number of hydrogen-bond donors (Lipinski definition) is 3. The summed E-state index contributed by atoms with van der Waals surface area (Å²) >= 11 is 5.83. The van der Waals surface area contributed by atoms with Crippen LogP contribution in [0, 0.1) is 0 Å². The van der Waals surface area contributed by atoms with Crippen LogP contribution in [0.1, 0.15) is 0 Å². The predicted molar refractivity (Wildman–Crippen MR) is 103 cm³/mol. The fraction of sp³-hybridized carbons (Fsp3) is 0.0588. The maximum atomic E-state index is 12.1. The first kappa shape index (κ1) is 16.9. The van der Waals surface area contributed by atoms with Crippen molar-refractivity contribution in [2.45, 2.75) is 0 Å². The number of urea groups is 1. The number of phenols is 1. The summed E-state index contributed by atoms with van der Waals surface area (Å²) < 4.78 is 1.68. The molecule has 25 heavy (non-hydrogen) atoms. The lowest BCUT2D eigenvalue weighted by atomic mass is 9.93. The van der Waals surface area contributed by atoms with Crippen molar-refractivity contribution >= 4 is 42.3 Å². The van der Waals surface area contributed by atoms with Gasteiger partial charge in [0.15, 0.2) is 0 Å². The summed E-state index contributed by atoms with van der Waals surface area (Å²) in [7, 11) is 3.71. The molecular formula is C17H16BClN4O2. The molecule has 8 heteroatoms. The van der Waals surface area contributed by atoms with Crippen molar-refractivity contribution in [2.24, 2.45) is 7.05 Å². The van der Waals surface area contributed by atoms with Crippen LogP contribution in [0.4, 0.5) is 16.2 Å². The number of anilines is 2. The van der Waals surface area contributed by atoms with Gasteiger partial charge in [-0.05, 0) is 47.9 Å². The van der Waals surface area contributed by atoms with Gasteiger partial charge < -0.3 is 15.7 Å². The number of halogens is 1. The number of hydrogen-bond acceptors (Lipinski definition) is 3. The Bertz CT molecular complexity index is 905. The number of carbonyl (C=O) groups excluding carboxylic acids is 1. The van der Waals surface area contributed by atoms with Gasteiger partial charge in [-0.1, -0.05) is 11.6 Å². The molecule has 0 aliphatic carbocycles. The average Bonchev–Trinajstić information content (AvgIpc) is 2.90. The molecule has 0 saturated heterocycles. The first-order valence-electron chi connectivity index (χ1n) is 7.59. The molecule has 1 aromatic heterocycles. The number of amides is 2. The van der Waals surface area contributed by atoms with E-state index in [0.717, 1.165) is 11.2 Å². The van der Waals surface area contributed by atoms with E-state index in [1.54, 1.807) is 60.4 Å². The second-order valence-electron chi connectivity index (χ2n) is 5.62. The molecule has 0 bridgehead atoms. The van der Waals surface area contributed by atoms with E-state index in [4.69, 9.17) is 11.6 Å². The zero-order valence-corrected chi connectivity index (χ0v) is 14.5. The number of aromatic hydroxyl groups is 1. The Morgan fingerprint density at radius 2 is 1.80 bits per heavy atom. The van der Waals surface area contributed by atoms with E-state index in [9.17, 15) is 9.90 Å². The molecule has 0 fully saturated rings. The van der Waals surface area contributed by atoms with Crippen molar-refractivity contribution in [3.63, 3.8) is 0 Å². The van der Waals surface area contributed by atoms with Gasteiger partial charge in [-0.25, -0.2) is 4.79 Å². The molecule has 3 N–H and O–H groups in total. The Kier molecular flexibility index (Phi) is 4.67. The van der Waals surface area contributed by atoms with Gasteiger partial charge in [0.1, 0.15) is 13.6 Å². The molecule has 3 rings (SSSR count). The third-order valence-electron chi connectivity index (χ3n) is 3.73. The van der Waals surface area contributed by atoms with Crippen LogP contribution in [0.2, 0.25) is 5.02 Å². The summed E-state index contributed by atoms with van der Waals surface area (Å²) in [6.07, 6.45) is 1.72. The molecule has 0 aliphatic rings. The predicted octanol–water partition coefficient (Wildman–Crippen LogP) is 2.35. The lowest BCUT2D eigenvalue weighted by molar-refractivity contribution is 0.262. The zero-order valence-electron chi connectivity index (χ0n) is 13.7. The molecule has 2 aromatic carbocycles. The molecule has 1 heterocycles. The number of phenolic OH excluding ortho intramolecular Hbond substituents is 1. The zero-order chi connectivity index (χ0) is 18.0. The molecule has 3 aromatic rings. The fourth-order valence-electron chi connectivity index (χ4n) is 2.56. The summed E-state index contributed by atoms with van der Waals surface area (Å²) in [5.74, 6) is 0.121. The van der Waals surface area contributed by atoms with Gasteiger partial charge in [-0.3, -0.25) is 4.68 Å². The van der Waals surface area contributed by atoms with E-state index in [1.165, 1.54) is 0 Å². The molecule has 6 nitrogen and oxygen atoms in total. The minimum atomic E-state index is -0.388. The first-order chi connectivity index (χ1) is 11.9.